The second-order valence-corrected chi connectivity index (χ2v) is 7.74. The number of sulfonamides is 1. The molecule has 0 aliphatic carbocycles. The third-order valence-electron chi connectivity index (χ3n) is 4.26. The largest absolute Gasteiger partial charge is 0.332 e. The molecule has 3 rings (SSSR count). The van der Waals surface area contributed by atoms with Crippen molar-refractivity contribution in [1.82, 2.24) is 18.7 Å². The molecule has 0 unspecified atom stereocenters. The Balaban J connectivity index is 1.75. The van der Waals surface area contributed by atoms with Crippen LogP contribution in [0.15, 0.2) is 45.1 Å². The van der Waals surface area contributed by atoms with E-state index in [2.05, 4.69) is 10.3 Å². The summed E-state index contributed by atoms with van der Waals surface area (Å²) in [5, 5.41) is 7.66. The molecular formula is C16H18N6O5S. The van der Waals surface area contributed by atoms with E-state index >= 15 is 0 Å². The molecular weight excluding hydrogens is 388 g/mol. The first-order chi connectivity index (χ1) is 13.1. The van der Waals surface area contributed by atoms with Crippen molar-refractivity contribution >= 4 is 32.8 Å². The Hall–Kier alpha value is -3.25. The number of benzene rings is 1. The highest BCUT2D eigenvalue weighted by Gasteiger charge is 2.15. The molecule has 0 bridgehead atoms. The average Bonchev–Trinajstić information content (AvgIpc) is 3.07. The quantitative estimate of drug-likeness (QED) is 0.561. The van der Waals surface area contributed by atoms with E-state index in [9.17, 15) is 22.8 Å². The van der Waals surface area contributed by atoms with Crippen LogP contribution in [0.4, 0.5) is 5.69 Å². The number of imidazole rings is 1. The van der Waals surface area contributed by atoms with E-state index < -0.39 is 21.3 Å². The molecule has 0 saturated carbocycles. The molecule has 12 heteroatoms. The highest BCUT2D eigenvalue weighted by Crippen LogP contribution is 2.13. The van der Waals surface area contributed by atoms with Crippen molar-refractivity contribution in [3.8, 4) is 0 Å². The van der Waals surface area contributed by atoms with Gasteiger partial charge in [-0.1, -0.05) is 0 Å². The number of carbonyl (C=O) groups is 1. The van der Waals surface area contributed by atoms with Crippen molar-refractivity contribution < 1.29 is 13.2 Å². The number of hydrogen-bond acceptors (Lipinski definition) is 6. The Morgan fingerprint density at radius 1 is 1.14 bits per heavy atom. The van der Waals surface area contributed by atoms with E-state index in [-0.39, 0.29) is 34.9 Å². The summed E-state index contributed by atoms with van der Waals surface area (Å²) in [5.74, 6) is -0.341. The van der Waals surface area contributed by atoms with Crippen molar-refractivity contribution in [2.24, 2.45) is 19.2 Å². The van der Waals surface area contributed by atoms with Gasteiger partial charge in [0.25, 0.3) is 5.56 Å². The highest BCUT2D eigenvalue weighted by molar-refractivity contribution is 7.89. The van der Waals surface area contributed by atoms with E-state index in [0.29, 0.717) is 5.69 Å². The Bertz CT molecular complexity index is 1280. The number of hydrogen-bond donors (Lipinski definition) is 2. The Kier molecular flexibility index (Phi) is 4.91. The lowest BCUT2D eigenvalue weighted by molar-refractivity contribution is -0.116. The van der Waals surface area contributed by atoms with E-state index in [1.165, 1.54) is 53.8 Å². The number of amides is 1. The molecule has 0 saturated heterocycles. The number of nitrogens with zero attached hydrogens (tertiary/aromatic N) is 4. The van der Waals surface area contributed by atoms with E-state index in [1.807, 2.05) is 0 Å². The van der Waals surface area contributed by atoms with Crippen molar-refractivity contribution in [3.63, 3.8) is 0 Å². The van der Waals surface area contributed by atoms with Crippen molar-refractivity contribution in [2.45, 2.75) is 17.9 Å². The third-order valence-corrected chi connectivity index (χ3v) is 5.19. The maximum absolute atomic E-state index is 12.4. The van der Waals surface area contributed by atoms with Crippen molar-refractivity contribution in [2.75, 3.05) is 5.32 Å². The molecule has 0 fully saturated rings. The molecule has 0 aliphatic rings. The van der Waals surface area contributed by atoms with Crippen molar-refractivity contribution in [3.05, 3.63) is 51.4 Å². The number of nitrogens with one attached hydrogen (secondary N) is 1. The van der Waals surface area contributed by atoms with Gasteiger partial charge < -0.3 is 9.88 Å². The molecule has 0 aliphatic heterocycles. The van der Waals surface area contributed by atoms with Crippen LogP contribution in [0.3, 0.4) is 0 Å². The van der Waals surface area contributed by atoms with E-state index in [4.69, 9.17) is 5.14 Å². The van der Waals surface area contributed by atoms with Crippen LogP contribution in [0.25, 0.3) is 11.2 Å². The van der Waals surface area contributed by atoms with Crippen molar-refractivity contribution in [1.29, 1.82) is 0 Å². The maximum Gasteiger partial charge on any atom is 0.332 e. The summed E-state index contributed by atoms with van der Waals surface area (Å²) in [6, 6.07) is 5.43. The topological polar surface area (TPSA) is 151 Å². The monoisotopic (exact) mass is 406 g/mol. The predicted molar refractivity (Wildman–Crippen MR) is 101 cm³/mol. The van der Waals surface area contributed by atoms with Crippen LogP contribution in [0.1, 0.15) is 6.42 Å². The molecule has 3 aromatic rings. The first kappa shape index (κ1) is 19.5. The van der Waals surface area contributed by atoms with Gasteiger partial charge >= 0.3 is 5.69 Å². The molecule has 1 amide bonds. The minimum Gasteiger partial charge on any atom is -0.326 e. The lowest BCUT2D eigenvalue weighted by atomic mass is 10.3. The molecule has 0 spiro atoms. The van der Waals surface area contributed by atoms with E-state index in [1.54, 1.807) is 0 Å². The minimum absolute atomic E-state index is 0.0361. The van der Waals surface area contributed by atoms with Crippen LogP contribution in [0, 0.1) is 0 Å². The van der Waals surface area contributed by atoms with Crippen LogP contribution in [-0.2, 0) is 35.5 Å². The van der Waals surface area contributed by atoms with Crippen LogP contribution in [0.2, 0.25) is 0 Å². The van der Waals surface area contributed by atoms with Gasteiger partial charge in [0.2, 0.25) is 15.9 Å². The number of aryl methyl sites for hydroxylation is 2. The zero-order chi connectivity index (χ0) is 20.6. The number of aromatic nitrogens is 4. The Labute approximate surface area is 159 Å². The Morgan fingerprint density at radius 3 is 2.39 bits per heavy atom. The normalized spacial score (nSPS) is 11.7. The standard InChI is InChI=1S/C16H18N6O5S/c1-20-14-13(15(24)21(2)16(20)25)22(9-18-14)8-7-12(23)19-10-3-5-11(6-4-10)28(17,26)27/h3-6,9H,7-8H2,1-2H3,(H,19,23)(H2,17,26,27). The fraction of sp³-hybridized carbons (Fsp3) is 0.250. The van der Waals surface area contributed by atoms with Gasteiger partial charge in [-0.3, -0.25) is 18.7 Å². The summed E-state index contributed by atoms with van der Waals surface area (Å²) in [6.45, 7) is 0.172. The van der Waals surface area contributed by atoms with Crippen LogP contribution >= 0.6 is 0 Å². The zero-order valence-corrected chi connectivity index (χ0v) is 15.9. The van der Waals surface area contributed by atoms with Gasteiger partial charge in [-0.2, -0.15) is 0 Å². The summed E-state index contributed by atoms with van der Waals surface area (Å²) < 4.78 is 26.2. The van der Waals surface area contributed by atoms with Gasteiger partial charge in [0, 0.05) is 32.7 Å². The van der Waals surface area contributed by atoms with Gasteiger partial charge in [0.1, 0.15) is 0 Å². The predicted octanol–water partition coefficient (Wildman–Crippen LogP) is -0.890. The molecule has 0 radical (unpaired) electrons. The minimum atomic E-state index is -3.80. The fourth-order valence-electron chi connectivity index (χ4n) is 2.74. The third kappa shape index (κ3) is 3.59. The first-order valence-electron chi connectivity index (χ1n) is 8.13. The van der Waals surface area contributed by atoms with Gasteiger partial charge in [0.05, 0.1) is 11.2 Å². The molecule has 1 aromatic carbocycles. The second kappa shape index (κ2) is 7.05. The van der Waals surface area contributed by atoms with Gasteiger partial charge in [-0.05, 0) is 24.3 Å². The number of anilines is 1. The zero-order valence-electron chi connectivity index (χ0n) is 15.1. The summed E-state index contributed by atoms with van der Waals surface area (Å²) in [6.07, 6.45) is 1.44. The molecule has 2 aromatic heterocycles. The smallest absolute Gasteiger partial charge is 0.326 e. The first-order valence-corrected chi connectivity index (χ1v) is 9.68. The fourth-order valence-corrected chi connectivity index (χ4v) is 3.26. The van der Waals surface area contributed by atoms with Crippen LogP contribution in [0.5, 0.6) is 0 Å². The molecule has 0 atom stereocenters. The SMILES string of the molecule is Cn1c(=O)c2c(ncn2CCC(=O)Nc2ccc(S(N)(=O)=O)cc2)n(C)c1=O. The Morgan fingerprint density at radius 2 is 1.79 bits per heavy atom. The van der Waals surface area contributed by atoms with E-state index in [0.717, 1.165) is 4.57 Å². The molecule has 2 heterocycles. The number of carbonyl (C=O) groups excluding carboxylic acids is 1. The van der Waals surface area contributed by atoms with Crippen LogP contribution in [-0.4, -0.2) is 33.0 Å². The van der Waals surface area contributed by atoms with Gasteiger partial charge in [0.15, 0.2) is 11.2 Å². The summed E-state index contributed by atoms with van der Waals surface area (Å²) >= 11 is 0. The molecule has 148 valence electrons. The number of rotatable bonds is 5. The number of primary sulfonamides is 1. The molecule has 28 heavy (non-hydrogen) atoms. The van der Waals surface area contributed by atoms with Gasteiger partial charge in [-0.15, -0.1) is 0 Å². The van der Waals surface area contributed by atoms with Crippen LogP contribution < -0.4 is 21.7 Å². The lowest BCUT2D eigenvalue weighted by Gasteiger charge is -2.08. The number of nitrogens with two attached hydrogens (primary N) is 1. The molecule has 3 N–H and O–H groups in total. The highest BCUT2D eigenvalue weighted by atomic mass is 32.2. The lowest BCUT2D eigenvalue weighted by Crippen LogP contribution is -2.37. The molecule has 11 nitrogen and oxygen atoms in total. The number of fused-ring (bicyclic) bond motifs is 1. The average molecular weight is 406 g/mol. The summed E-state index contributed by atoms with van der Waals surface area (Å²) in [5.41, 5.74) is -0.0915. The second-order valence-electron chi connectivity index (χ2n) is 6.18. The van der Waals surface area contributed by atoms with Gasteiger partial charge in [-0.25, -0.2) is 23.3 Å². The maximum atomic E-state index is 12.4. The summed E-state index contributed by atoms with van der Waals surface area (Å²) in [4.78, 5) is 40.5. The summed E-state index contributed by atoms with van der Waals surface area (Å²) in [7, 11) is -0.914.